The van der Waals surface area contributed by atoms with Crippen LogP contribution in [0.25, 0.3) is 0 Å². The Hall–Kier alpha value is -1.10. The molecule has 0 radical (unpaired) electrons. The van der Waals surface area contributed by atoms with E-state index < -0.39 is 6.04 Å². The zero-order valence-electron chi connectivity index (χ0n) is 12.1. The molecule has 2 aliphatic rings. The highest BCUT2D eigenvalue weighted by atomic mass is 35.5. The van der Waals surface area contributed by atoms with Crippen LogP contribution in [-0.2, 0) is 9.59 Å². The molecule has 6 heteroatoms. The summed E-state index contributed by atoms with van der Waals surface area (Å²) in [6, 6.07) is 4.71. The zero-order chi connectivity index (χ0) is 15.7. The second kappa shape index (κ2) is 6.57. The summed E-state index contributed by atoms with van der Waals surface area (Å²) in [7, 11) is 0. The maximum absolute atomic E-state index is 12.6. The highest BCUT2D eigenvalue weighted by Gasteiger charge is 2.40. The van der Waals surface area contributed by atoms with Crippen LogP contribution in [0.1, 0.15) is 38.5 Å². The fraction of sp³-hybridized carbons (Fsp3) is 0.500. The van der Waals surface area contributed by atoms with E-state index in [1.165, 1.54) is 24.2 Å². The predicted molar refractivity (Wildman–Crippen MR) is 87.4 cm³/mol. The van der Waals surface area contributed by atoms with Crippen LogP contribution >= 0.6 is 23.2 Å². The number of carbonyl (C=O) groups is 2. The number of halogens is 2. The Morgan fingerprint density at radius 2 is 1.77 bits per heavy atom. The van der Waals surface area contributed by atoms with Crippen molar-refractivity contribution in [3.63, 3.8) is 0 Å². The maximum Gasteiger partial charge on any atom is 0.251 e. The summed E-state index contributed by atoms with van der Waals surface area (Å²) in [5, 5.41) is 4.09. The minimum Gasteiger partial charge on any atom is -0.303 e. The summed E-state index contributed by atoms with van der Waals surface area (Å²) >= 11 is 11.9. The first-order valence-corrected chi connectivity index (χ1v) is 8.40. The third-order valence-corrected chi connectivity index (χ3v) is 5.09. The van der Waals surface area contributed by atoms with Gasteiger partial charge in [0, 0.05) is 6.04 Å². The Balaban J connectivity index is 1.74. The Labute approximate surface area is 139 Å². The number of nitrogens with zero attached hydrogens (tertiary/aromatic N) is 1. The molecule has 3 rings (SSSR count). The minimum absolute atomic E-state index is 0.198. The van der Waals surface area contributed by atoms with Crippen molar-refractivity contribution in [3.8, 4) is 0 Å². The third kappa shape index (κ3) is 3.14. The van der Waals surface area contributed by atoms with E-state index in [1.807, 2.05) is 0 Å². The number of carbonyl (C=O) groups excluding carboxylic acids is 2. The van der Waals surface area contributed by atoms with Crippen molar-refractivity contribution in [1.29, 1.82) is 0 Å². The van der Waals surface area contributed by atoms with Gasteiger partial charge in [0.1, 0.15) is 0 Å². The standard InChI is InChI=1S/C16H18Cl2N2O2/c17-12-7-6-11(8-13(12)18)20-15(21)9-14(16(20)22)19-10-4-2-1-3-5-10/h6-8,10,14,19H,1-5,9H2/t14-/m0/s1. The Kier molecular flexibility index (Phi) is 4.71. The molecule has 4 nitrogen and oxygen atoms in total. The van der Waals surface area contributed by atoms with Gasteiger partial charge in [0.25, 0.3) is 5.91 Å². The number of imide groups is 1. The molecule has 0 unspecified atom stereocenters. The van der Waals surface area contributed by atoms with E-state index in [-0.39, 0.29) is 18.2 Å². The average Bonchev–Trinajstić information content (AvgIpc) is 2.78. The van der Waals surface area contributed by atoms with Gasteiger partial charge in [-0.25, -0.2) is 4.90 Å². The highest BCUT2D eigenvalue weighted by molar-refractivity contribution is 6.42. The first-order valence-electron chi connectivity index (χ1n) is 7.64. The molecule has 118 valence electrons. The topological polar surface area (TPSA) is 49.4 Å². The average molecular weight is 341 g/mol. The summed E-state index contributed by atoms with van der Waals surface area (Å²) in [6.45, 7) is 0. The number of amides is 2. The van der Waals surface area contributed by atoms with Crippen molar-refractivity contribution in [2.45, 2.75) is 50.6 Å². The molecule has 1 N–H and O–H groups in total. The smallest absolute Gasteiger partial charge is 0.251 e. The van der Waals surface area contributed by atoms with Crippen molar-refractivity contribution in [2.75, 3.05) is 4.90 Å². The number of nitrogens with one attached hydrogen (secondary N) is 1. The summed E-state index contributed by atoms with van der Waals surface area (Å²) in [4.78, 5) is 26.0. The van der Waals surface area contributed by atoms with Gasteiger partial charge in [0.15, 0.2) is 0 Å². The lowest BCUT2D eigenvalue weighted by molar-refractivity contribution is -0.121. The van der Waals surface area contributed by atoms with E-state index in [2.05, 4.69) is 5.32 Å². The van der Waals surface area contributed by atoms with E-state index in [4.69, 9.17) is 23.2 Å². The first kappa shape index (κ1) is 15.8. The van der Waals surface area contributed by atoms with E-state index in [0.29, 0.717) is 21.8 Å². The van der Waals surface area contributed by atoms with Crippen molar-refractivity contribution in [1.82, 2.24) is 5.32 Å². The number of benzene rings is 1. The molecule has 1 saturated carbocycles. The van der Waals surface area contributed by atoms with Crippen LogP contribution in [-0.4, -0.2) is 23.9 Å². The largest absolute Gasteiger partial charge is 0.303 e. The molecule has 1 saturated heterocycles. The Bertz CT molecular complexity index is 600. The van der Waals surface area contributed by atoms with E-state index in [0.717, 1.165) is 12.8 Å². The third-order valence-electron chi connectivity index (χ3n) is 4.35. The van der Waals surface area contributed by atoms with Crippen molar-refractivity contribution >= 4 is 40.7 Å². The second-order valence-corrected chi connectivity index (χ2v) is 6.74. The van der Waals surface area contributed by atoms with Gasteiger partial charge >= 0.3 is 0 Å². The van der Waals surface area contributed by atoms with Crippen molar-refractivity contribution in [3.05, 3.63) is 28.2 Å². The Morgan fingerprint density at radius 1 is 1.05 bits per heavy atom. The van der Waals surface area contributed by atoms with Crippen LogP contribution in [0.4, 0.5) is 5.69 Å². The van der Waals surface area contributed by atoms with Gasteiger partial charge in [0.2, 0.25) is 5.91 Å². The van der Waals surface area contributed by atoms with Gasteiger partial charge < -0.3 is 5.32 Å². The van der Waals surface area contributed by atoms with Crippen LogP contribution in [0.15, 0.2) is 18.2 Å². The second-order valence-electron chi connectivity index (χ2n) is 5.92. The number of anilines is 1. The summed E-state index contributed by atoms with van der Waals surface area (Å²) in [6.07, 6.45) is 5.97. The van der Waals surface area contributed by atoms with Gasteiger partial charge in [0.05, 0.1) is 28.2 Å². The summed E-state index contributed by atoms with van der Waals surface area (Å²) in [5.74, 6) is -0.398. The highest BCUT2D eigenvalue weighted by Crippen LogP contribution is 2.30. The predicted octanol–water partition coefficient (Wildman–Crippen LogP) is 3.55. The molecular weight excluding hydrogens is 323 g/mol. The number of hydrogen-bond acceptors (Lipinski definition) is 3. The number of hydrogen-bond donors (Lipinski definition) is 1. The molecule has 1 aliphatic heterocycles. The van der Waals surface area contributed by atoms with Gasteiger partial charge in [-0.3, -0.25) is 9.59 Å². The van der Waals surface area contributed by atoms with Crippen molar-refractivity contribution in [2.24, 2.45) is 0 Å². The van der Waals surface area contributed by atoms with Gasteiger partial charge in [-0.2, -0.15) is 0 Å². The van der Waals surface area contributed by atoms with Crippen LogP contribution in [0.5, 0.6) is 0 Å². The minimum atomic E-state index is -0.426. The van der Waals surface area contributed by atoms with E-state index in [1.54, 1.807) is 18.2 Å². The van der Waals surface area contributed by atoms with Gasteiger partial charge in [-0.15, -0.1) is 0 Å². The molecule has 2 fully saturated rings. The molecule has 1 aliphatic carbocycles. The van der Waals surface area contributed by atoms with Crippen molar-refractivity contribution < 1.29 is 9.59 Å². The molecule has 0 spiro atoms. The molecule has 22 heavy (non-hydrogen) atoms. The molecule has 1 aromatic rings. The fourth-order valence-corrected chi connectivity index (χ4v) is 3.50. The molecular formula is C16H18Cl2N2O2. The molecule has 2 amide bonds. The molecule has 1 heterocycles. The SMILES string of the molecule is O=C1C[C@H](NC2CCCCC2)C(=O)N1c1ccc(Cl)c(Cl)c1. The van der Waals surface area contributed by atoms with Crippen LogP contribution in [0.2, 0.25) is 10.0 Å². The maximum atomic E-state index is 12.6. The molecule has 1 atom stereocenters. The van der Waals surface area contributed by atoms with Gasteiger partial charge in [-0.05, 0) is 31.0 Å². The monoisotopic (exact) mass is 340 g/mol. The van der Waals surface area contributed by atoms with E-state index >= 15 is 0 Å². The fourth-order valence-electron chi connectivity index (χ4n) is 3.21. The van der Waals surface area contributed by atoms with Crippen LogP contribution < -0.4 is 10.2 Å². The lowest BCUT2D eigenvalue weighted by Crippen LogP contribution is -2.44. The number of rotatable bonds is 3. The normalized spacial score (nSPS) is 23.4. The first-order chi connectivity index (χ1) is 10.6. The quantitative estimate of drug-likeness (QED) is 0.856. The summed E-state index contributed by atoms with van der Waals surface area (Å²) < 4.78 is 0. The van der Waals surface area contributed by atoms with Gasteiger partial charge in [-0.1, -0.05) is 42.5 Å². The molecule has 0 aromatic heterocycles. The summed E-state index contributed by atoms with van der Waals surface area (Å²) in [5.41, 5.74) is 0.484. The van der Waals surface area contributed by atoms with Crippen LogP contribution in [0, 0.1) is 0 Å². The lowest BCUT2D eigenvalue weighted by atomic mass is 9.95. The lowest BCUT2D eigenvalue weighted by Gasteiger charge is -2.25. The zero-order valence-corrected chi connectivity index (χ0v) is 13.7. The Morgan fingerprint density at radius 3 is 2.45 bits per heavy atom. The molecule has 0 bridgehead atoms. The van der Waals surface area contributed by atoms with Crippen LogP contribution in [0.3, 0.4) is 0 Å². The molecule has 1 aromatic carbocycles. The van der Waals surface area contributed by atoms with E-state index in [9.17, 15) is 9.59 Å².